The Morgan fingerprint density at radius 1 is 0.324 bits per heavy atom. The first-order valence-corrected chi connectivity index (χ1v) is 11.7. The van der Waals surface area contributed by atoms with E-state index in [1.54, 1.807) is 0 Å². The molecule has 0 amide bonds. The number of nitrogens with one attached hydrogen (secondary N) is 3. The van der Waals surface area contributed by atoms with Crippen LogP contribution in [0.3, 0.4) is 0 Å². The van der Waals surface area contributed by atoms with Crippen LogP contribution in [0.5, 0.6) is 0 Å². The third-order valence-electron chi connectivity index (χ3n) is 5.06. The van der Waals surface area contributed by atoms with Gasteiger partial charge in [0.15, 0.2) is 55.8 Å². The molecule has 0 atom stereocenters. The standard InChI is InChI=1S/3C10H9N2.Ru/c3*1-4-8-12(9-5-1)10-6-2-3-7-11-10;/h3*1-9H;/q3*+1;/p+3. The van der Waals surface area contributed by atoms with Crippen LogP contribution in [0.4, 0.5) is 0 Å². The van der Waals surface area contributed by atoms with Gasteiger partial charge in [-0.15, -0.1) is 13.7 Å². The predicted molar refractivity (Wildman–Crippen MR) is 134 cm³/mol. The number of aromatic amines is 3. The number of hydrogen-bond donors (Lipinski definition) is 0. The Balaban J connectivity index is 0.000000152. The van der Waals surface area contributed by atoms with Crippen LogP contribution < -0.4 is 28.7 Å². The largest absolute Gasteiger partial charge is 0.447 e. The molecule has 0 aliphatic carbocycles. The molecule has 0 aliphatic heterocycles. The van der Waals surface area contributed by atoms with Crippen LogP contribution in [0.2, 0.25) is 0 Å². The Morgan fingerprint density at radius 3 is 0.811 bits per heavy atom. The third-order valence-corrected chi connectivity index (χ3v) is 5.06. The van der Waals surface area contributed by atoms with Gasteiger partial charge in [-0.1, -0.05) is 18.2 Å². The summed E-state index contributed by atoms with van der Waals surface area (Å²) in [5.41, 5.74) is 0. The summed E-state index contributed by atoms with van der Waals surface area (Å²) in [6.07, 6.45) is 17.8. The Labute approximate surface area is 230 Å². The molecular formula is C30H30N6Ru+6. The molecule has 37 heavy (non-hydrogen) atoms. The summed E-state index contributed by atoms with van der Waals surface area (Å²) in [6.45, 7) is 0. The molecular weight excluding hydrogens is 545 g/mol. The fraction of sp³-hybridized carbons (Fsp3) is 0. The molecule has 6 aromatic rings. The molecule has 6 rings (SSSR count). The molecule has 0 bridgehead atoms. The van der Waals surface area contributed by atoms with E-state index in [0.29, 0.717) is 0 Å². The van der Waals surface area contributed by atoms with E-state index in [9.17, 15) is 0 Å². The monoisotopic (exact) mass is 576 g/mol. The summed E-state index contributed by atoms with van der Waals surface area (Å²) in [5, 5.41) is 0. The van der Waals surface area contributed by atoms with Crippen LogP contribution in [-0.2, 0) is 19.5 Å². The van der Waals surface area contributed by atoms with Crippen molar-refractivity contribution < 1.29 is 48.1 Å². The molecule has 0 aliphatic rings. The summed E-state index contributed by atoms with van der Waals surface area (Å²) < 4.78 is 6.08. The number of aromatic nitrogens is 6. The SMILES string of the molecule is [Ru].c1cc[n+](-c2cccc[nH+]2)cc1.c1cc[n+](-c2cccc[nH+]2)cc1.c1cc[n+](-c2cccc[nH+]2)cc1. The Bertz CT molecular complexity index is 1100. The minimum absolute atomic E-state index is 0. The molecule has 3 N–H and O–H groups in total. The van der Waals surface area contributed by atoms with Gasteiger partial charge >= 0.3 is 17.5 Å². The number of nitrogens with zero attached hydrogens (tertiary/aromatic N) is 3. The maximum absolute atomic E-state index is 3.15. The second kappa shape index (κ2) is 15.5. The first-order chi connectivity index (χ1) is 17.9. The molecule has 0 unspecified atom stereocenters. The molecule has 0 radical (unpaired) electrons. The predicted octanol–water partition coefficient (Wildman–Crippen LogP) is 2.33. The molecule has 0 spiro atoms. The van der Waals surface area contributed by atoms with Crippen LogP contribution in [-0.4, -0.2) is 0 Å². The van der Waals surface area contributed by atoms with E-state index in [4.69, 9.17) is 0 Å². The van der Waals surface area contributed by atoms with E-state index in [2.05, 4.69) is 15.0 Å². The molecule has 0 aromatic carbocycles. The summed E-state index contributed by atoms with van der Waals surface area (Å²) in [4.78, 5) is 9.44. The van der Waals surface area contributed by atoms with Gasteiger partial charge in [-0.25, -0.2) is 0 Å². The molecule has 182 valence electrons. The molecule has 0 saturated heterocycles. The van der Waals surface area contributed by atoms with E-state index >= 15 is 0 Å². The average Bonchev–Trinajstić information content (AvgIpc) is 3.01. The minimum Gasteiger partial charge on any atom is -0.155 e. The van der Waals surface area contributed by atoms with Gasteiger partial charge in [0.25, 0.3) is 0 Å². The number of rotatable bonds is 3. The smallest absolute Gasteiger partial charge is 0.155 e. The molecule has 0 fully saturated rings. The van der Waals surface area contributed by atoms with Crippen molar-refractivity contribution in [2.75, 3.05) is 0 Å². The van der Waals surface area contributed by atoms with E-state index < -0.39 is 0 Å². The molecule has 6 aromatic heterocycles. The topological polar surface area (TPSA) is 54.1 Å². The Kier molecular flexibility index (Phi) is 11.4. The van der Waals surface area contributed by atoms with Gasteiger partial charge < -0.3 is 0 Å². The van der Waals surface area contributed by atoms with Crippen molar-refractivity contribution in [2.24, 2.45) is 0 Å². The van der Waals surface area contributed by atoms with Crippen molar-refractivity contribution >= 4 is 0 Å². The minimum atomic E-state index is 0. The fourth-order valence-corrected chi connectivity index (χ4v) is 3.31. The second-order valence-corrected chi connectivity index (χ2v) is 7.59. The van der Waals surface area contributed by atoms with E-state index in [1.807, 2.05) is 179 Å². The molecule has 6 nitrogen and oxygen atoms in total. The van der Waals surface area contributed by atoms with Crippen LogP contribution >= 0.6 is 0 Å². The zero-order valence-electron chi connectivity index (χ0n) is 20.3. The van der Waals surface area contributed by atoms with Crippen molar-refractivity contribution in [1.82, 2.24) is 0 Å². The zero-order chi connectivity index (χ0) is 24.7. The first-order valence-electron chi connectivity index (χ1n) is 11.7. The number of hydrogen-bond acceptors (Lipinski definition) is 0. The van der Waals surface area contributed by atoms with Gasteiger partial charge in [-0.2, -0.15) is 15.0 Å². The summed E-state index contributed by atoms with van der Waals surface area (Å²) >= 11 is 0. The number of pyridine rings is 6. The second-order valence-electron chi connectivity index (χ2n) is 7.59. The van der Waals surface area contributed by atoms with Crippen molar-refractivity contribution in [3.8, 4) is 17.5 Å². The van der Waals surface area contributed by atoms with Gasteiger partial charge in [-0.05, 0) is 18.2 Å². The quantitative estimate of drug-likeness (QED) is 0.230. The summed E-state index contributed by atoms with van der Waals surface area (Å²) in [5.74, 6) is 3.20. The van der Waals surface area contributed by atoms with Crippen LogP contribution in [0, 0.1) is 0 Å². The first kappa shape index (κ1) is 27.1. The average molecular weight is 576 g/mol. The fourth-order valence-electron chi connectivity index (χ4n) is 3.31. The molecule has 0 saturated carbocycles. The van der Waals surface area contributed by atoms with Crippen molar-refractivity contribution in [3.05, 3.63) is 165 Å². The van der Waals surface area contributed by atoms with Gasteiger partial charge in [0.2, 0.25) is 0 Å². The maximum Gasteiger partial charge on any atom is 0.447 e. The van der Waals surface area contributed by atoms with Crippen LogP contribution in [0.15, 0.2) is 165 Å². The number of H-pyrrole nitrogens is 3. The molecule has 6 heterocycles. The van der Waals surface area contributed by atoms with Crippen LogP contribution in [0.1, 0.15) is 0 Å². The zero-order valence-corrected chi connectivity index (χ0v) is 22.0. The van der Waals surface area contributed by atoms with E-state index in [1.165, 1.54) is 0 Å². The van der Waals surface area contributed by atoms with E-state index in [-0.39, 0.29) is 19.5 Å². The van der Waals surface area contributed by atoms with Gasteiger partial charge in [0, 0.05) is 74.1 Å². The van der Waals surface area contributed by atoms with Gasteiger partial charge in [0.05, 0.1) is 18.2 Å². The summed E-state index contributed by atoms with van der Waals surface area (Å²) in [6, 6.07) is 36.0. The normalized spacial score (nSPS) is 9.41. The van der Waals surface area contributed by atoms with Gasteiger partial charge in [-0.3, -0.25) is 0 Å². The molecule has 7 heteroatoms. The Morgan fingerprint density at radius 2 is 0.595 bits per heavy atom. The van der Waals surface area contributed by atoms with Crippen molar-refractivity contribution in [2.45, 2.75) is 0 Å². The van der Waals surface area contributed by atoms with Gasteiger partial charge in [0.1, 0.15) is 0 Å². The van der Waals surface area contributed by atoms with Crippen molar-refractivity contribution in [1.29, 1.82) is 0 Å². The van der Waals surface area contributed by atoms with E-state index in [0.717, 1.165) is 17.5 Å². The van der Waals surface area contributed by atoms with Crippen molar-refractivity contribution in [3.63, 3.8) is 0 Å². The Hall–Kier alpha value is -4.48. The third kappa shape index (κ3) is 8.91. The summed E-state index contributed by atoms with van der Waals surface area (Å²) in [7, 11) is 0. The maximum atomic E-state index is 3.15. The van der Waals surface area contributed by atoms with Crippen LogP contribution in [0.25, 0.3) is 17.5 Å².